The van der Waals surface area contributed by atoms with Crippen molar-refractivity contribution in [2.45, 2.75) is 37.8 Å². The molecule has 4 aromatic rings. The van der Waals surface area contributed by atoms with Crippen molar-refractivity contribution in [3.63, 3.8) is 0 Å². The van der Waals surface area contributed by atoms with Crippen LogP contribution in [-0.4, -0.2) is 66.7 Å². The van der Waals surface area contributed by atoms with Crippen molar-refractivity contribution in [3.8, 4) is 11.3 Å². The van der Waals surface area contributed by atoms with Gasteiger partial charge in [-0.15, -0.1) is 5.10 Å². The van der Waals surface area contributed by atoms with E-state index in [-0.39, 0.29) is 12.7 Å². The van der Waals surface area contributed by atoms with Crippen molar-refractivity contribution < 1.29 is 9.84 Å². The highest BCUT2D eigenvalue weighted by molar-refractivity contribution is 5.87. The van der Waals surface area contributed by atoms with Crippen LogP contribution in [0.1, 0.15) is 25.7 Å². The first kappa shape index (κ1) is 19.7. The minimum atomic E-state index is 0.0728. The van der Waals surface area contributed by atoms with Gasteiger partial charge in [-0.3, -0.25) is 0 Å². The molecule has 0 unspecified atom stereocenters. The fourth-order valence-corrected chi connectivity index (χ4v) is 4.20. The maximum atomic E-state index is 8.92. The Bertz CT molecular complexity index is 1180. The maximum Gasteiger partial charge on any atom is 0.243 e. The Morgan fingerprint density at radius 3 is 2.77 bits per heavy atom. The van der Waals surface area contributed by atoms with Crippen LogP contribution in [0.25, 0.3) is 22.4 Å². The van der Waals surface area contributed by atoms with Crippen molar-refractivity contribution in [2.75, 3.05) is 30.9 Å². The first-order valence-electron chi connectivity index (χ1n) is 10.6. The summed E-state index contributed by atoms with van der Waals surface area (Å²) in [5.41, 5.74) is 3.46. The molecular formula is C21H26N8O2. The molecule has 1 aliphatic rings. The van der Waals surface area contributed by atoms with E-state index in [9.17, 15) is 0 Å². The van der Waals surface area contributed by atoms with Gasteiger partial charge in [0.15, 0.2) is 11.5 Å². The van der Waals surface area contributed by atoms with Gasteiger partial charge in [0.25, 0.3) is 0 Å². The third kappa shape index (κ3) is 3.91. The number of hydrogen-bond acceptors (Lipinski definition) is 8. The second-order valence-electron chi connectivity index (χ2n) is 7.72. The number of hydrogen-bond donors (Lipinski definition) is 3. The van der Waals surface area contributed by atoms with Crippen LogP contribution < -0.4 is 10.6 Å². The van der Waals surface area contributed by atoms with Crippen molar-refractivity contribution in [3.05, 3.63) is 36.8 Å². The Morgan fingerprint density at radius 2 is 1.97 bits per heavy atom. The van der Waals surface area contributed by atoms with Gasteiger partial charge in [0.1, 0.15) is 5.52 Å². The Kier molecular flexibility index (Phi) is 5.39. The third-order valence-electron chi connectivity index (χ3n) is 5.73. The number of imidazole rings is 1. The van der Waals surface area contributed by atoms with E-state index in [0.29, 0.717) is 18.6 Å². The van der Waals surface area contributed by atoms with Crippen LogP contribution in [0.5, 0.6) is 0 Å². The maximum absolute atomic E-state index is 8.92. The lowest BCUT2D eigenvalue weighted by atomic mass is 9.93. The SMILES string of the molecule is CNc1nc(NC2CCC(OCCO)CC2)nn2ccc(-c3ccc4nccn4n3)c12. The second-order valence-corrected chi connectivity index (χ2v) is 7.72. The minimum Gasteiger partial charge on any atom is -0.394 e. The van der Waals surface area contributed by atoms with E-state index >= 15 is 0 Å². The van der Waals surface area contributed by atoms with Gasteiger partial charge in [0.2, 0.25) is 5.95 Å². The first-order chi connectivity index (χ1) is 15.2. The monoisotopic (exact) mass is 422 g/mol. The smallest absolute Gasteiger partial charge is 0.243 e. The highest BCUT2D eigenvalue weighted by atomic mass is 16.5. The molecule has 5 rings (SSSR count). The number of rotatable bonds is 7. The summed E-state index contributed by atoms with van der Waals surface area (Å²) in [6, 6.07) is 6.21. The van der Waals surface area contributed by atoms with E-state index in [1.54, 1.807) is 10.7 Å². The molecule has 31 heavy (non-hydrogen) atoms. The third-order valence-corrected chi connectivity index (χ3v) is 5.73. The summed E-state index contributed by atoms with van der Waals surface area (Å²) in [4.78, 5) is 8.98. The van der Waals surface area contributed by atoms with Gasteiger partial charge in [0, 0.05) is 37.2 Å². The largest absolute Gasteiger partial charge is 0.394 e. The van der Waals surface area contributed by atoms with Crippen LogP contribution in [0.2, 0.25) is 0 Å². The van der Waals surface area contributed by atoms with Crippen LogP contribution in [0.15, 0.2) is 36.8 Å². The average Bonchev–Trinajstić information content (AvgIpc) is 3.44. The molecule has 4 aromatic heterocycles. The van der Waals surface area contributed by atoms with Gasteiger partial charge in [-0.05, 0) is 43.9 Å². The molecule has 0 atom stereocenters. The number of nitrogens with one attached hydrogen (secondary N) is 2. The zero-order valence-electron chi connectivity index (χ0n) is 17.4. The van der Waals surface area contributed by atoms with E-state index in [1.165, 1.54) is 0 Å². The predicted octanol–water partition coefficient (Wildman–Crippen LogP) is 2.21. The van der Waals surface area contributed by atoms with Gasteiger partial charge in [-0.1, -0.05) is 0 Å². The fraction of sp³-hybridized carbons (Fsp3) is 0.429. The average molecular weight is 422 g/mol. The number of nitrogens with zero attached hydrogens (tertiary/aromatic N) is 6. The van der Waals surface area contributed by atoms with Crippen molar-refractivity contribution >= 4 is 22.9 Å². The minimum absolute atomic E-state index is 0.0728. The Morgan fingerprint density at radius 1 is 1.10 bits per heavy atom. The van der Waals surface area contributed by atoms with Crippen LogP contribution in [-0.2, 0) is 4.74 Å². The molecule has 0 aromatic carbocycles. The fourth-order valence-electron chi connectivity index (χ4n) is 4.20. The summed E-state index contributed by atoms with van der Waals surface area (Å²) in [5.74, 6) is 1.33. The quantitative estimate of drug-likeness (QED) is 0.415. The number of aromatic nitrogens is 6. The number of anilines is 2. The predicted molar refractivity (Wildman–Crippen MR) is 117 cm³/mol. The zero-order valence-corrected chi connectivity index (χ0v) is 17.4. The second kappa shape index (κ2) is 8.48. The van der Waals surface area contributed by atoms with E-state index in [1.807, 2.05) is 42.2 Å². The summed E-state index contributed by atoms with van der Waals surface area (Å²) >= 11 is 0. The van der Waals surface area contributed by atoms with E-state index in [2.05, 4.69) is 25.8 Å². The van der Waals surface area contributed by atoms with E-state index < -0.39 is 0 Å². The molecule has 1 aliphatic carbocycles. The van der Waals surface area contributed by atoms with Gasteiger partial charge >= 0.3 is 0 Å². The topological polar surface area (TPSA) is 114 Å². The standard InChI is InChI=1S/C21H26N8O2/c1-22-20-19-16(17-6-7-18-23-9-11-28(18)26-17)8-10-29(19)27-21(25-20)24-14-2-4-15(5-3-14)31-13-12-30/h6-11,14-15,30H,2-5,12-13H2,1H3,(H2,22,24,25,27). The van der Waals surface area contributed by atoms with Gasteiger partial charge < -0.3 is 20.5 Å². The lowest BCUT2D eigenvalue weighted by Crippen LogP contribution is -2.31. The molecule has 0 radical (unpaired) electrons. The number of ether oxygens (including phenoxy) is 1. The molecule has 10 nitrogen and oxygen atoms in total. The van der Waals surface area contributed by atoms with Crippen LogP contribution in [0, 0.1) is 0 Å². The molecule has 0 amide bonds. The highest BCUT2D eigenvalue weighted by Gasteiger charge is 2.23. The number of aliphatic hydroxyl groups is 1. The Hall–Kier alpha value is -3.24. The summed E-state index contributed by atoms with van der Waals surface area (Å²) in [7, 11) is 1.86. The summed E-state index contributed by atoms with van der Waals surface area (Å²) < 4.78 is 9.26. The highest BCUT2D eigenvalue weighted by Crippen LogP contribution is 2.30. The summed E-state index contributed by atoms with van der Waals surface area (Å²) in [5, 5.41) is 25.0. The van der Waals surface area contributed by atoms with Gasteiger partial charge in [-0.2, -0.15) is 10.1 Å². The lowest BCUT2D eigenvalue weighted by Gasteiger charge is -2.29. The van der Waals surface area contributed by atoms with Crippen LogP contribution in [0.3, 0.4) is 0 Å². The van der Waals surface area contributed by atoms with E-state index in [0.717, 1.165) is 53.9 Å². The lowest BCUT2D eigenvalue weighted by molar-refractivity contribution is 0.00719. The normalized spacial score (nSPS) is 19.2. The van der Waals surface area contributed by atoms with Crippen molar-refractivity contribution in [1.82, 2.24) is 29.2 Å². The van der Waals surface area contributed by atoms with E-state index in [4.69, 9.17) is 14.8 Å². The van der Waals surface area contributed by atoms with Gasteiger partial charge in [0.05, 0.1) is 25.0 Å². The first-order valence-corrected chi connectivity index (χ1v) is 10.6. The van der Waals surface area contributed by atoms with Crippen molar-refractivity contribution in [2.24, 2.45) is 0 Å². The van der Waals surface area contributed by atoms with Crippen molar-refractivity contribution in [1.29, 1.82) is 0 Å². The molecule has 162 valence electrons. The summed E-state index contributed by atoms with van der Waals surface area (Å²) in [6.45, 7) is 0.482. The van der Waals surface area contributed by atoms with Crippen LogP contribution >= 0.6 is 0 Å². The molecule has 4 heterocycles. The van der Waals surface area contributed by atoms with Crippen LogP contribution in [0.4, 0.5) is 11.8 Å². The molecule has 0 saturated heterocycles. The van der Waals surface area contributed by atoms with Gasteiger partial charge in [-0.25, -0.2) is 14.0 Å². The molecule has 10 heteroatoms. The molecule has 1 saturated carbocycles. The molecule has 0 bridgehead atoms. The Labute approximate surface area is 179 Å². The molecule has 1 fully saturated rings. The number of fused-ring (bicyclic) bond motifs is 2. The number of aliphatic hydroxyl groups excluding tert-OH is 1. The Balaban J connectivity index is 1.38. The molecule has 0 aliphatic heterocycles. The molecular weight excluding hydrogens is 396 g/mol. The molecule has 3 N–H and O–H groups in total. The molecule has 0 spiro atoms. The zero-order chi connectivity index (χ0) is 21.2. The summed E-state index contributed by atoms with van der Waals surface area (Å²) in [6.07, 6.45) is 9.63.